The number of rotatable bonds is 9. The first-order chi connectivity index (χ1) is 13.4. The zero-order valence-corrected chi connectivity index (χ0v) is 15.5. The van der Waals surface area contributed by atoms with Gasteiger partial charge in [-0.25, -0.2) is 14.6 Å². The predicted molar refractivity (Wildman–Crippen MR) is 98.4 cm³/mol. The number of methoxy groups -OCH3 is 2. The molecule has 0 spiro atoms. The summed E-state index contributed by atoms with van der Waals surface area (Å²) < 4.78 is 14.9. The van der Waals surface area contributed by atoms with E-state index < -0.39 is 16.9 Å². The third-order valence-corrected chi connectivity index (χ3v) is 3.86. The van der Waals surface area contributed by atoms with Crippen molar-refractivity contribution in [2.24, 2.45) is 0 Å². The molecule has 9 nitrogen and oxygen atoms in total. The quantitative estimate of drug-likeness (QED) is 0.278. The Bertz CT molecular complexity index is 816. The molecule has 148 valence electrons. The van der Waals surface area contributed by atoms with Gasteiger partial charge in [0.15, 0.2) is 11.4 Å². The van der Waals surface area contributed by atoms with Crippen LogP contribution in [0, 0.1) is 10.1 Å². The lowest BCUT2D eigenvalue weighted by molar-refractivity contribution is -0.384. The molecule has 2 aromatic rings. The number of carbonyl (C=O) groups excluding carboxylic acids is 2. The molecule has 0 N–H and O–H groups in total. The van der Waals surface area contributed by atoms with Crippen molar-refractivity contribution < 1.29 is 28.7 Å². The van der Waals surface area contributed by atoms with Crippen LogP contribution in [0.25, 0.3) is 0 Å². The molecule has 2 rings (SSSR count). The summed E-state index contributed by atoms with van der Waals surface area (Å²) in [5.74, 6) is -1.06. The number of hydrogen-bond donors (Lipinski definition) is 0. The molecule has 1 heterocycles. The van der Waals surface area contributed by atoms with Crippen molar-refractivity contribution in [2.45, 2.75) is 19.3 Å². The molecule has 28 heavy (non-hydrogen) atoms. The fourth-order valence-corrected chi connectivity index (χ4v) is 2.41. The van der Waals surface area contributed by atoms with Crippen molar-refractivity contribution >= 4 is 17.6 Å². The number of aryl methyl sites for hydroxylation is 1. The minimum Gasteiger partial charge on any atom is -0.493 e. The van der Waals surface area contributed by atoms with Crippen molar-refractivity contribution in [1.29, 1.82) is 0 Å². The topological polar surface area (TPSA) is 118 Å². The Hall–Kier alpha value is -3.49. The molecule has 0 saturated heterocycles. The molecule has 0 aliphatic carbocycles. The lowest BCUT2D eigenvalue weighted by atomic mass is 10.1. The number of benzene rings is 1. The molecule has 9 heteroatoms. The lowest BCUT2D eigenvalue weighted by Gasteiger charge is -2.09. The Morgan fingerprint density at radius 2 is 1.57 bits per heavy atom. The normalized spacial score (nSPS) is 10.2. The van der Waals surface area contributed by atoms with Crippen LogP contribution < -0.4 is 4.74 Å². The number of nitrogens with zero attached hydrogens (tertiary/aromatic N) is 2. The van der Waals surface area contributed by atoms with E-state index >= 15 is 0 Å². The zero-order valence-electron chi connectivity index (χ0n) is 15.5. The third-order valence-electron chi connectivity index (χ3n) is 3.86. The minimum atomic E-state index is -0.686. The predicted octanol–water partition coefficient (Wildman–Crippen LogP) is 2.96. The van der Waals surface area contributed by atoms with Gasteiger partial charge >= 0.3 is 11.9 Å². The van der Waals surface area contributed by atoms with Gasteiger partial charge in [0.25, 0.3) is 5.69 Å². The first-order valence-electron chi connectivity index (χ1n) is 8.49. The summed E-state index contributed by atoms with van der Waals surface area (Å²) >= 11 is 0. The number of aromatic nitrogens is 1. The zero-order chi connectivity index (χ0) is 20.5. The summed E-state index contributed by atoms with van der Waals surface area (Å²) in [5.41, 5.74) is 0.959. The number of esters is 2. The fraction of sp³-hybridized carbons (Fsp3) is 0.316. The Labute approximate surface area is 161 Å². The molecule has 0 amide bonds. The molecule has 0 bridgehead atoms. The van der Waals surface area contributed by atoms with E-state index in [1.165, 1.54) is 38.5 Å². The maximum atomic E-state index is 11.7. The summed E-state index contributed by atoms with van der Waals surface area (Å²) in [5, 5.41) is 10.6. The molecule has 0 aliphatic heterocycles. The van der Waals surface area contributed by atoms with Gasteiger partial charge in [0, 0.05) is 24.3 Å². The Morgan fingerprint density at radius 3 is 2.07 bits per heavy atom. The molecular formula is C19H20N2O7. The molecule has 0 unspecified atom stereocenters. The smallest absolute Gasteiger partial charge is 0.356 e. The Kier molecular flexibility index (Phi) is 7.44. The van der Waals surface area contributed by atoms with E-state index in [4.69, 9.17) is 4.74 Å². The number of carbonyl (C=O) groups is 2. The Balaban J connectivity index is 1.90. The van der Waals surface area contributed by atoms with Crippen LogP contribution >= 0.6 is 0 Å². The highest BCUT2D eigenvalue weighted by Crippen LogP contribution is 2.17. The van der Waals surface area contributed by atoms with Gasteiger partial charge in [0.1, 0.15) is 5.75 Å². The Morgan fingerprint density at radius 1 is 1.00 bits per heavy atom. The summed E-state index contributed by atoms with van der Waals surface area (Å²) in [6.07, 6.45) is 2.26. The highest BCUT2D eigenvalue weighted by atomic mass is 16.6. The van der Waals surface area contributed by atoms with Crippen molar-refractivity contribution in [2.75, 3.05) is 20.8 Å². The van der Waals surface area contributed by atoms with Crippen LogP contribution in [0.2, 0.25) is 0 Å². The van der Waals surface area contributed by atoms with E-state index in [2.05, 4.69) is 14.5 Å². The highest BCUT2D eigenvalue weighted by molar-refractivity contribution is 5.92. The monoisotopic (exact) mass is 388 g/mol. The second-order valence-corrected chi connectivity index (χ2v) is 5.79. The first-order valence-corrected chi connectivity index (χ1v) is 8.49. The maximum absolute atomic E-state index is 11.7. The van der Waals surface area contributed by atoms with Gasteiger partial charge < -0.3 is 14.2 Å². The SMILES string of the molecule is COC(=O)c1cc(OCCCCc2ccc([N+](=O)[O-])cc2)cc(C(=O)OC)n1. The highest BCUT2D eigenvalue weighted by Gasteiger charge is 2.16. The molecule has 0 saturated carbocycles. The molecule has 0 radical (unpaired) electrons. The molecule has 0 fully saturated rings. The van der Waals surface area contributed by atoms with Gasteiger partial charge in [-0.3, -0.25) is 10.1 Å². The van der Waals surface area contributed by atoms with E-state index in [9.17, 15) is 19.7 Å². The van der Waals surface area contributed by atoms with E-state index in [0.717, 1.165) is 18.4 Å². The summed E-state index contributed by atoms with van der Waals surface area (Å²) in [4.78, 5) is 37.5. The number of ether oxygens (including phenoxy) is 3. The largest absolute Gasteiger partial charge is 0.493 e. The number of unbranched alkanes of at least 4 members (excludes halogenated alkanes) is 1. The van der Waals surface area contributed by atoms with E-state index in [1.807, 2.05) is 0 Å². The minimum absolute atomic E-state index is 0.0497. The van der Waals surface area contributed by atoms with Crippen molar-refractivity contribution in [3.63, 3.8) is 0 Å². The number of hydrogen-bond acceptors (Lipinski definition) is 8. The van der Waals surface area contributed by atoms with E-state index in [-0.39, 0.29) is 17.1 Å². The van der Waals surface area contributed by atoms with E-state index in [1.54, 1.807) is 12.1 Å². The second kappa shape index (κ2) is 10.0. The average molecular weight is 388 g/mol. The molecule has 1 aromatic carbocycles. The molecule has 0 atom stereocenters. The average Bonchev–Trinajstić information content (AvgIpc) is 2.72. The van der Waals surface area contributed by atoms with E-state index in [0.29, 0.717) is 18.8 Å². The van der Waals surface area contributed by atoms with Crippen LogP contribution in [0.4, 0.5) is 5.69 Å². The summed E-state index contributed by atoms with van der Waals surface area (Å²) in [7, 11) is 2.43. The number of nitro groups is 1. The van der Waals surface area contributed by atoms with Crippen LogP contribution in [-0.2, 0) is 15.9 Å². The number of pyridine rings is 1. The van der Waals surface area contributed by atoms with Crippen LogP contribution in [-0.4, -0.2) is 42.7 Å². The second-order valence-electron chi connectivity index (χ2n) is 5.79. The van der Waals surface area contributed by atoms with Crippen LogP contribution in [0.1, 0.15) is 39.4 Å². The van der Waals surface area contributed by atoms with Gasteiger partial charge in [-0.1, -0.05) is 12.1 Å². The van der Waals surface area contributed by atoms with Crippen LogP contribution in [0.15, 0.2) is 36.4 Å². The van der Waals surface area contributed by atoms with Gasteiger partial charge in [0.05, 0.1) is 25.7 Å². The van der Waals surface area contributed by atoms with Gasteiger partial charge in [-0.05, 0) is 24.8 Å². The third kappa shape index (κ3) is 5.76. The standard InChI is InChI=1S/C19H20N2O7/c1-26-18(22)16-11-15(12-17(20-16)19(23)27-2)28-10-4-3-5-13-6-8-14(9-7-13)21(24)25/h6-9,11-12H,3-5,10H2,1-2H3. The fourth-order valence-electron chi connectivity index (χ4n) is 2.41. The van der Waals surface area contributed by atoms with Gasteiger partial charge in [0.2, 0.25) is 0 Å². The first kappa shape index (κ1) is 20.8. The van der Waals surface area contributed by atoms with Crippen molar-refractivity contribution in [3.05, 3.63) is 63.5 Å². The van der Waals surface area contributed by atoms with Crippen LogP contribution in [0.5, 0.6) is 5.75 Å². The number of non-ortho nitro benzene ring substituents is 1. The number of nitro benzene ring substituents is 1. The summed E-state index contributed by atoms with van der Waals surface area (Å²) in [6, 6.07) is 9.21. The molecule has 1 aromatic heterocycles. The van der Waals surface area contributed by atoms with Gasteiger partial charge in [-0.15, -0.1) is 0 Å². The maximum Gasteiger partial charge on any atom is 0.356 e. The van der Waals surface area contributed by atoms with Gasteiger partial charge in [-0.2, -0.15) is 0 Å². The molecular weight excluding hydrogens is 368 g/mol. The molecule has 0 aliphatic rings. The van der Waals surface area contributed by atoms with Crippen molar-refractivity contribution in [3.8, 4) is 5.75 Å². The van der Waals surface area contributed by atoms with Crippen molar-refractivity contribution in [1.82, 2.24) is 4.98 Å². The lowest BCUT2D eigenvalue weighted by Crippen LogP contribution is -2.12. The van der Waals surface area contributed by atoms with Crippen LogP contribution in [0.3, 0.4) is 0 Å². The summed E-state index contributed by atoms with van der Waals surface area (Å²) in [6.45, 7) is 0.359.